The zero-order valence-electron chi connectivity index (χ0n) is 23.3. The smallest absolute Gasteiger partial charge is 0.252 e. The van der Waals surface area contributed by atoms with Gasteiger partial charge in [0.25, 0.3) is 5.91 Å². The van der Waals surface area contributed by atoms with Gasteiger partial charge in [0.1, 0.15) is 11.6 Å². The maximum absolute atomic E-state index is 14.3. The molecule has 6 nitrogen and oxygen atoms in total. The molecule has 1 amide bonds. The Morgan fingerprint density at radius 2 is 1.65 bits per heavy atom. The van der Waals surface area contributed by atoms with Crippen LogP contribution in [0.3, 0.4) is 0 Å². The molecule has 1 aliphatic heterocycles. The van der Waals surface area contributed by atoms with Gasteiger partial charge < -0.3 is 19.9 Å². The van der Waals surface area contributed by atoms with Crippen LogP contribution in [0.4, 0.5) is 4.39 Å². The predicted molar refractivity (Wildman–Crippen MR) is 172 cm³/mol. The van der Waals surface area contributed by atoms with Crippen LogP contribution in [0.15, 0.2) is 111 Å². The number of amides is 1. The van der Waals surface area contributed by atoms with Crippen molar-refractivity contribution in [3.63, 3.8) is 0 Å². The van der Waals surface area contributed by atoms with Gasteiger partial charge in [0.15, 0.2) is 11.6 Å². The van der Waals surface area contributed by atoms with Crippen LogP contribution in [-0.4, -0.2) is 42.2 Å². The van der Waals surface area contributed by atoms with Crippen LogP contribution in [0, 0.1) is 5.82 Å². The number of rotatable bonds is 12. The molecule has 222 valence electrons. The molecule has 4 aromatic carbocycles. The van der Waals surface area contributed by atoms with E-state index >= 15 is 0 Å². The molecular formula is C34H31Br2FN2O4. The molecule has 5 rings (SSSR count). The number of carbonyl (C=O) groups is 1. The molecule has 0 aromatic heterocycles. The van der Waals surface area contributed by atoms with E-state index in [9.17, 15) is 9.18 Å². The Labute approximate surface area is 267 Å². The second-order valence-electron chi connectivity index (χ2n) is 10.2. The van der Waals surface area contributed by atoms with E-state index in [-0.39, 0.29) is 31.3 Å². The standard InChI is InChI=1S/C34H31Br2FN2O4/c35-27-14-10-24(11-15-27)31-34(22-26-7-1-3-8-29(26)36,33(41)38-19-18-23-6-2-4-9-30(23)37)39-32(43-31)25-12-16-28(17-13-25)42-21-5-20-40/h1-4,6-17,31,40H,5,18-22H2,(H,38,41)/t31-,34-/m1/s1. The molecule has 9 heteroatoms. The Morgan fingerprint density at radius 1 is 0.953 bits per heavy atom. The number of ether oxygens (including phenoxy) is 2. The fourth-order valence-corrected chi connectivity index (χ4v) is 5.71. The van der Waals surface area contributed by atoms with E-state index in [0.29, 0.717) is 42.2 Å². The van der Waals surface area contributed by atoms with E-state index < -0.39 is 11.6 Å². The second-order valence-corrected chi connectivity index (χ2v) is 12.0. The molecule has 0 spiro atoms. The van der Waals surface area contributed by atoms with Crippen LogP contribution in [0.1, 0.15) is 34.8 Å². The van der Waals surface area contributed by atoms with Crippen molar-refractivity contribution in [1.82, 2.24) is 5.32 Å². The van der Waals surface area contributed by atoms with Crippen molar-refractivity contribution in [3.05, 3.63) is 134 Å². The van der Waals surface area contributed by atoms with Gasteiger partial charge >= 0.3 is 0 Å². The highest BCUT2D eigenvalue weighted by atomic mass is 79.9. The minimum absolute atomic E-state index is 0.0577. The van der Waals surface area contributed by atoms with E-state index in [0.717, 1.165) is 20.1 Å². The van der Waals surface area contributed by atoms with Crippen molar-refractivity contribution in [1.29, 1.82) is 0 Å². The molecule has 0 saturated heterocycles. The number of halogens is 3. The molecule has 0 bridgehead atoms. The molecule has 0 aliphatic carbocycles. The first-order chi connectivity index (χ1) is 20.9. The van der Waals surface area contributed by atoms with Crippen LogP contribution >= 0.6 is 31.9 Å². The van der Waals surface area contributed by atoms with Crippen molar-refractivity contribution in [3.8, 4) is 5.75 Å². The highest BCUT2D eigenvalue weighted by Gasteiger charge is 2.53. The Balaban J connectivity index is 1.52. The maximum Gasteiger partial charge on any atom is 0.252 e. The van der Waals surface area contributed by atoms with E-state index in [2.05, 4.69) is 37.2 Å². The molecule has 4 aromatic rings. The fraction of sp³-hybridized carbons (Fsp3) is 0.235. The number of hydrogen-bond donors (Lipinski definition) is 2. The van der Waals surface area contributed by atoms with Gasteiger partial charge in [0.05, 0.1) is 6.61 Å². The van der Waals surface area contributed by atoms with Gasteiger partial charge in [-0.3, -0.25) is 4.79 Å². The molecule has 43 heavy (non-hydrogen) atoms. The number of carbonyl (C=O) groups excluding carboxylic acids is 1. The zero-order valence-corrected chi connectivity index (χ0v) is 26.5. The Kier molecular flexibility index (Phi) is 10.3. The lowest BCUT2D eigenvalue weighted by Crippen LogP contribution is -2.50. The zero-order chi connectivity index (χ0) is 30.2. The number of nitrogens with zero attached hydrogens (tertiary/aromatic N) is 1. The summed E-state index contributed by atoms with van der Waals surface area (Å²) in [5.41, 5.74) is 1.56. The minimum Gasteiger partial charge on any atom is -0.494 e. The molecule has 0 unspecified atom stereocenters. The molecule has 0 saturated carbocycles. The summed E-state index contributed by atoms with van der Waals surface area (Å²) in [6.07, 6.45) is 0.390. The fourth-order valence-electron chi connectivity index (χ4n) is 5.02. The third kappa shape index (κ3) is 7.34. The van der Waals surface area contributed by atoms with Crippen LogP contribution in [0.2, 0.25) is 0 Å². The molecule has 1 aliphatic rings. The van der Waals surface area contributed by atoms with Gasteiger partial charge in [0.2, 0.25) is 5.90 Å². The summed E-state index contributed by atoms with van der Waals surface area (Å²) in [6.45, 7) is 0.693. The average Bonchev–Trinajstić information content (AvgIpc) is 3.40. The summed E-state index contributed by atoms with van der Waals surface area (Å²) in [4.78, 5) is 19.4. The van der Waals surface area contributed by atoms with Crippen LogP contribution in [0.5, 0.6) is 5.75 Å². The molecule has 2 atom stereocenters. The summed E-state index contributed by atoms with van der Waals surface area (Å²) in [7, 11) is 0. The first-order valence-corrected chi connectivity index (χ1v) is 15.6. The number of hydrogen-bond acceptors (Lipinski definition) is 5. The highest BCUT2D eigenvalue weighted by molar-refractivity contribution is 9.10. The predicted octanol–water partition coefficient (Wildman–Crippen LogP) is 6.97. The second kappa shape index (κ2) is 14.3. The first-order valence-electron chi connectivity index (χ1n) is 14.0. The van der Waals surface area contributed by atoms with Gasteiger partial charge in [-0.2, -0.15) is 0 Å². The van der Waals surface area contributed by atoms with Crippen molar-refractivity contribution in [2.24, 2.45) is 4.99 Å². The molecular weight excluding hydrogens is 679 g/mol. The number of aliphatic imine (C=N–C) groups is 1. The van der Waals surface area contributed by atoms with Crippen LogP contribution < -0.4 is 10.1 Å². The third-order valence-electron chi connectivity index (χ3n) is 7.26. The van der Waals surface area contributed by atoms with E-state index in [4.69, 9.17) is 19.6 Å². The monoisotopic (exact) mass is 708 g/mol. The van der Waals surface area contributed by atoms with Crippen molar-refractivity contribution in [2.75, 3.05) is 19.8 Å². The number of aliphatic hydroxyl groups is 1. The quantitative estimate of drug-likeness (QED) is 0.156. The Hall–Kier alpha value is -3.53. The van der Waals surface area contributed by atoms with Gasteiger partial charge in [-0.05, 0) is 71.6 Å². The number of nitrogens with one attached hydrogen (secondary N) is 1. The lowest BCUT2D eigenvalue weighted by Gasteiger charge is -2.31. The Morgan fingerprint density at radius 3 is 2.35 bits per heavy atom. The first kappa shape index (κ1) is 30.9. The van der Waals surface area contributed by atoms with E-state index in [1.54, 1.807) is 18.2 Å². The highest BCUT2D eigenvalue weighted by Crippen LogP contribution is 2.43. The van der Waals surface area contributed by atoms with E-state index in [1.807, 2.05) is 72.8 Å². The lowest BCUT2D eigenvalue weighted by molar-refractivity contribution is -0.128. The van der Waals surface area contributed by atoms with Gasteiger partial charge in [0, 0.05) is 40.5 Å². The maximum atomic E-state index is 14.3. The van der Waals surface area contributed by atoms with Crippen molar-refractivity contribution < 1.29 is 23.8 Å². The third-order valence-corrected chi connectivity index (χ3v) is 8.56. The van der Waals surface area contributed by atoms with Crippen LogP contribution in [0.25, 0.3) is 0 Å². The van der Waals surface area contributed by atoms with Gasteiger partial charge in [-0.15, -0.1) is 0 Å². The van der Waals surface area contributed by atoms with Crippen molar-refractivity contribution in [2.45, 2.75) is 30.9 Å². The van der Waals surface area contributed by atoms with E-state index in [1.165, 1.54) is 6.07 Å². The summed E-state index contributed by atoms with van der Waals surface area (Å²) < 4.78 is 28.3. The normalized spacial score (nSPS) is 17.7. The summed E-state index contributed by atoms with van der Waals surface area (Å²) in [5.74, 6) is 0.379. The SMILES string of the molecule is O=C(NCCc1ccccc1F)[C@]1(Cc2ccccc2Br)N=C(c2ccc(OCCCO)cc2)O[C@@H]1c1ccc(Br)cc1. The average molecular weight is 710 g/mol. The summed E-state index contributed by atoms with van der Waals surface area (Å²) >= 11 is 7.15. The lowest BCUT2D eigenvalue weighted by atomic mass is 9.82. The van der Waals surface area contributed by atoms with Crippen LogP contribution in [-0.2, 0) is 22.4 Å². The van der Waals surface area contributed by atoms with Gasteiger partial charge in [-0.1, -0.05) is 80.4 Å². The molecule has 2 N–H and O–H groups in total. The molecule has 1 heterocycles. The number of aliphatic hydroxyl groups excluding tert-OH is 1. The van der Waals surface area contributed by atoms with Gasteiger partial charge in [-0.25, -0.2) is 9.38 Å². The largest absolute Gasteiger partial charge is 0.494 e. The minimum atomic E-state index is -1.36. The molecule has 0 fully saturated rings. The Bertz CT molecular complexity index is 1580. The topological polar surface area (TPSA) is 80.2 Å². The van der Waals surface area contributed by atoms with Crippen molar-refractivity contribution >= 4 is 43.7 Å². The molecule has 0 radical (unpaired) electrons. The summed E-state index contributed by atoms with van der Waals surface area (Å²) in [6, 6.07) is 29.3. The number of benzene rings is 4. The summed E-state index contributed by atoms with van der Waals surface area (Å²) in [5, 5.41) is 12.1.